The van der Waals surface area contributed by atoms with Gasteiger partial charge in [-0.15, -0.1) is 0 Å². The number of rotatable bonds is 16. The van der Waals surface area contributed by atoms with Crippen LogP contribution in [0.4, 0.5) is 25.2 Å². The van der Waals surface area contributed by atoms with Crippen LogP contribution in [0.3, 0.4) is 0 Å². The first-order chi connectivity index (χ1) is 12.7. The molecule has 0 bridgehead atoms. The van der Waals surface area contributed by atoms with Gasteiger partial charge in [0.05, 0.1) is 24.6 Å². The van der Waals surface area contributed by atoms with Gasteiger partial charge in [-0.3, -0.25) is 0 Å². The summed E-state index contributed by atoms with van der Waals surface area (Å²) in [5, 5.41) is 0. The quantitative estimate of drug-likeness (QED) is 0.122. The van der Waals surface area contributed by atoms with Crippen molar-refractivity contribution in [3.8, 4) is 0 Å². The molecule has 28 heavy (non-hydrogen) atoms. The third kappa shape index (κ3) is 28.6. The van der Waals surface area contributed by atoms with Crippen LogP contribution in [0.15, 0.2) is 0 Å². The second-order valence-electron chi connectivity index (χ2n) is 7.97. The van der Waals surface area contributed by atoms with E-state index in [0.717, 1.165) is 0 Å². The second kappa shape index (κ2) is 13.7. The molecule has 0 aliphatic heterocycles. The van der Waals surface area contributed by atoms with Crippen LogP contribution in [0.5, 0.6) is 0 Å². The molecule has 0 amide bonds. The van der Waals surface area contributed by atoms with E-state index in [4.69, 9.17) is 0 Å². The van der Waals surface area contributed by atoms with Crippen molar-refractivity contribution in [3.63, 3.8) is 0 Å². The summed E-state index contributed by atoms with van der Waals surface area (Å²) in [6.45, 7) is 9.50. The van der Waals surface area contributed by atoms with Gasteiger partial charge in [0.15, 0.2) is 0 Å². The maximum atomic E-state index is 9.87. The third-order valence-electron chi connectivity index (χ3n) is 5.13. The number of unbranched alkanes of at least 4 members (excludes halogenated alkanes) is 9. The predicted molar refractivity (Wildman–Crippen MR) is 118 cm³/mol. The van der Waals surface area contributed by atoms with E-state index in [-0.39, 0.29) is 0 Å². The maximum absolute atomic E-state index is 10.7. The van der Waals surface area contributed by atoms with Crippen molar-refractivity contribution >= 4 is 15.1 Å². The van der Waals surface area contributed by atoms with Crippen LogP contribution in [0.25, 0.3) is 0 Å². The molecule has 0 aliphatic carbocycles. The van der Waals surface area contributed by atoms with E-state index in [2.05, 4.69) is 27.7 Å². The molecule has 0 nitrogen and oxygen atoms in total. The number of hydrogen-bond acceptors (Lipinski definition) is 0. The first kappa shape index (κ1) is 30.6. The normalized spacial score (nSPS) is 14.8. The molecule has 0 unspecified atom stereocenters. The van der Waals surface area contributed by atoms with E-state index in [0.29, 0.717) is 0 Å². The summed E-state index contributed by atoms with van der Waals surface area (Å²) in [4.78, 5) is 0. The minimum absolute atomic E-state index is 0.598. The van der Waals surface area contributed by atoms with Gasteiger partial charge in [-0.1, -0.05) is 59.3 Å². The fraction of sp³-hybridized carbons (Fsp3) is 1.00. The third-order valence-corrected chi connectivity index (χ3v) is 10.3. The molecule has 0 rings (SSSR count). The van der Waals surface area contributed by atoms with Gasteiger partial charge in [-0.2, -0.15) is 0 Å². The van der Waals surface area contributed by atoms with E-state index in [9.17, 15) is 25.2 Å². The Balaban J connectivity index is 0. The van der Waals surface area contributed by atoms with Crippen molar-refractivity contribution in [2.24, 2.45) is 0 Å². The molecule has 0 heterocycles. The van der Waals surface area contributed by atoms with Gasteiger partial charge in [0.2, 0.25) is 0 Å². The van der Waals surface area contributed by atoms with Gasteiger partial charge < -0.3 is 0 Å². The van der Waals surface area contributed by atoms with Crippen molar-refractivity contribution in [2.45, 2.75) is 105 Å². The van der Waals surface area contributed by atoms with E-state index in [1.165, 1.54) is 83.2 Å². The average Bonchev–Trinajstić information content (AvgIpc) is 2.56. The zero-order valence-electron chi connectivity index (χ0n) is 18.5. The monoisotopic (exact) mass is 460 g/mol. The summed E-state index contributed by atoms with van der Waals surface area (Å²) in [7, 11) is -11.3. The Bertz CT molecular complexity index is 324. The molecule has 0 N–H and O–H groups in total. The molecule has 0 radical (unpaired) electrons. The van der Waals surface area contributed by atoms with Crippen LogP contribution in [0.2, 0.25) is 0 Å². The summed E-state index contributed by atoms with van der Waals surface area (Å²) < 4.78 is 59.2. The molecule has 176 valence electrons. The van der Waals surface area contributed by atoms with Gasteiger partial charge >= 0.3 is 33.0 Å². The fourth-order valence-corrected chi connectivity index (χ4v) is 7.73. The Kier molecular flexibility index (Phi) is 15.0. The van der Waals surface area contributed by atoms with E-state index >= 15 is 0 Å². The summed E-state index contributed by atoms with van der Waals surface area (Å²) in [6.07, 6.45) is 23.9. The summed E-state index contributed by atoms with van der Waals surface area (Å²) in [5.74, 6) is 0. The molecule has 8 heteroatoms. The van der Waals surface area contributed by atoms with Crippen LogP contribution < -0.4 is 0 Å². The topological polar surface area (TPSA) is 0 Å². The molecule has 0 aromatic rings. The Morgan fingerprint density at radius 1 is 0.464 bits per heavy atom. The van der Waals surface area contributed by atoms with Gasteiger partial charge in [0, 0.05) is 7.26 Å². The standard InChI is InChI=1S/C20H44P.F6P/c1-5-9-12-15-18-21(8-4,19-16-13-10-6-2)20-17-14-11-7-3;1-7(2,3,4,5)6/h5-20H2,1-4H3;/q+1;-1. The molecule has 0 fully saturated rings. The minimum atomic E-state index is -10.7. The zero-order valence-corrected chi connectivity index (χ0v) is 20.3. The number of hydrogen-bond donors (Lipinski definition) is 0. The summed E-state index contributed by atoms with van der Waals surface area (Å²) in [6, 6.07) is 0. The van der Waals surface area contributed by atoms with Crippen molar-refractivity contribution in [1.29, 1.82) is 0 Å². The SMILES string of the molecule is CCCCCC[P+](CC)(CCCCCC)CCCCCC.F[P-](F)(F)(F)(F)F. The van der Waals surface area contributed by atoms with Gasteiger partial charge in [0.1, 0.15) is 0 Å². The molecule has 0 spiro atoms. The fourth-order valence-electron chi connectivity index (χ4n) is 3.43. The Labute approximate surface area is 170 Å². The summed E-state index contributed by atoms with van der Waals surface area (Å²) in [5.41, 5.74) is 0. The molecular formula is C20H44F6P2. The average molecular weight is 461 g/mol. The van der Waals surface area contributed by atoms with Crippen LogP contribution in [-0.2, 0) is 0 Å². The molecule has 0 aliphatic rings. The first-order valence-electron chi connectivity index (χ1n) is 11.1. The molecule has 0 atom stereocenters. The molecule has 0 aromatic carbocycles. The molecule has 0 saturated heterocycles. The number of halogens is 6. The Morgan fingerprint density at radius 2 is 0.714 bits per heavy atom. The first-order valence-corrected chi connectivity index (χ1v) is 15.7. The van der Waals surface area contributed by atoms with Gasteiger partial charge in [0.25, 0.3) is 0 Å². The van der Waals surface area contributed by atoms with Crippen molar-refractivity contribution < 1.29 is 25.2 Å². The van der Waals surface area contributed by atoms with Crippen LogP contribution in [0.1, 0.15) is 105 Å². The van der Waals surface area contributed by atoms with E-state index in [1.807, 2.05) is 0 Å². The zero-order chi connectivity index (χ0) is 22.2. The van der Waals surface area contributed by atoms with Gasteiger partial charge in [-0.05, 0) is 45.4 Å². The molecular weight excluding hydrogens is 416 g/mol. The summed E-state index contributed by atoms with van der Waals surface area (Å²) >= 11 is 0. The predicted octanol–water partition coefficient (Wildman–Crippen LogP) is 11.1. The molecule has 0 saturated carbocycles. The van der Waals surface area contributed by atoms with Crippen molar-refractivity contribution in [2.75, 3.05) is 24.6 Å². The Hall–Kier alpha value is 0.440. The molecule has 0 aromatic heterocycles. The Morgan fingerprint density at radius 3 is 0.893 bits per heavy atom. The second-order valence-corrected chi connectivity index (χ2v) is 14.5. The van der Waals surface area contributed by atoms with Crippen LogP contribution in [-0.4, -0.2) is 24.6 Å². The van der Waals surface area contributed by atoms with E-state index in [1.54, 1.807) is 18.5 Å². The van der Waals surface area contributed by atoms with Gasteiger partial charge in [-0.25, -0.2) is 0 Å². The van der Waals surface area contributed by atoms with Crippen molar-refractivity contribution in [3.05, 3.63) is 0 Å². The van der Waals surface area contributed by atoms with E-state index < -0.39 is 15.1 Å². The van der Waals surface area contributed by atoms with Crippen molar-refractivity contribution in [1.82, 2.24) is 0 Å². The van der Waals surface area contributed by atoms with Crippen LogP contribution >= 0.6 is 15.1 Å². The van der Waals surface area contributed by atoms with Crippen LogP contribution in [0, 0.1) is 0 Å².